The highest BCUT2D eigenvalue weighted by molar-refractivity contribution is 9.10. The molecule has 7 heteroatoms. The van der Waals surface area contributed by atoms with Crippen LogP contribution in [0.4, 0.5) is 5.69 Å². The average Bonchev–Trinajstić information content (AvgIpc) is 2.52. The van der Waals surface area contributed by atoms with Crippen molar-refractivity contribution in [1.29, 1.82) is 5.26 Å². The number of allylic oxidation sites excluding steroid dienone is 1. The molecule has 0 aliphatic rings. The van der Waals surface area contributed by atoms with Gasteiger partial charge in [-0.2, -0.15) is 5.26 Å². The number of methoxy groups -OCH3 is 1. The number of non-ortho nitro benzene ring substituents is 1. The summed E-state index contributed by atoms with van der Waals surface area (Å²) < 4.78 is 5.82. The van der Waals surface area contributed by atoms with E-state index in [1.54, 1.807) is 18.2 Å². The van der Waals surface area contributed by atoms with E-state index in [1.807, 2.05) is 0 Å². The van der Waals surface area contributed by atoms with Crippen LogP contribution in [0.5, 0.6) is 5.75 Å². The van der Waals surface area contributed by atoms with Crippen molar-refractivity contribution >= 4 is 44.9 Å². The lowest BCUT2D eigenvalue weighted by Crippen LogP contribution is -1.89. The Labute approximate surface area is 146 Å². The fourth-order valence-corrected chi connectivity index (χ4v) is 3.03. The van der Waals surface area contributed by atoms with E-state index in [4.69, 9.17) is 16.3 Å². The van der Waals surface area contributed by atoms with E-state index in [1.165, 1.54) is 31.4 Å². The van der Waals surface area contributed by atoms with Crippen LogP contribution in [0.2, 0.25) is 5.02 Å². The predicted molar refractivity (Wildman–Crippen MR) is 92.3 cm³/mol. The van der Waals surface area contributed by atoms with Gasteiger partial charge in [-0.1, -0.05) is 11.6 Å². The van der Waals surface area contributed by atoms with Crippen molar-refractivity contribution in [2.45, 2.75) is 0 Å². The molecule has 116 valence electrons. The second kappa shape index (κ2) is 7.27. The van der Waals surface area contributed by atoms with Crippen molar-refractivity contribution in [2.24, 2.45) is 0 Å². The summed E-state index contributed by atoms with van der Waals surface area (Å²) in [6.07, 6.45) is 1.65. The van der Waals surface area contributed by atoms with E-state index in [0.717, 1.165) is 0 Å². The van der Waals surface area contributed by atoms with Crippen molar-refractivity contribution in [3.8, 4) is 11.8 Å². The number of hydrogen-bond acceptors (Lipinski definition) is 4. The number of benzene rings is 2. The van der Waals surface area contributed by atoms with Crippen LogP contribution in [0.15, 0.2) is 40.9 Å². The zero-order valence-electron chi connectivity index (χ0n) is 11.9. The number of nitro benzene ring substituents is 1. The molecule has 0 N–H and O–H groups in total. The summed E-state index contributed by atoms with van der Waals surface area (Å²) in [5, 5.41) is 20.4. The predicted octanol–water partition coefficient (Wildman–Crippen LogP) is 5.08. The molecule has 0 aromatic heterocycles. The van der Waals surface area contributed by atoms with Crippen LogP contribution in [0, 0.1) is 21.4 Å². The molecule has 0 amide bonds. The topological polar surface area (TPSA) is 76.2 Å². The quantitative estimate of drug-likeness (QED) is 0.314. The molecule has 0 spiro atoms. The summed E-state index contributed by atoms with van der Waals surface area (Å²) in [4.78, 5) is 10.2. The minimum Gasteiger partial charge on any atom is -0.494 e. The van der Waals surface area contributed by atoms with Crippen molar-refractivity contribution in [3.05, 3.63) is 67.1 Å². The molecule has 0 heterocycles. The number of rotatable bonds is 4. The zero-order chi connectivity index (χ0) is 17.0. The van der Waals surface area contributed by atoms with E-state index in [2.05, 4.69) is 22.0 Å². The second-order valence-electron chi connectivity index (χ2n) is 4.49. The Hall–Kier alpha value is -2.36. The molecule has 0 atom stereocenters. The van der Waals surface area contributed by atoms with Gasteiger partial charge < -0.3 is 4.74 Å². The molecule has 2 rings (SSSR count). The third kappa shape index (κ3) is 3.89. The van der Waals surface area contributed by atoms with Gasteiger partial charge in [0.2, 0.25) is 0 Å². The van der Waals surface area contributed by atoms with Gasteiger partial charge in [0, 0.05) is 12.1 Å². The van der Waals surface area contributed by atoms with E-state index in [-0.39, 0.29) is 5.69 Å². The van der Waals surface area contributed by atoms with Crippen LogP contribution in [0.1, 0.15) is 11.1 Å². The van der Waals surface area contributed by atoms with Gasteiger partial charge in [-0.05, 0) is 57.4 Å². The molecule has 0 aliphatic heterocycles. The van der Waals surface area contributed by atoms with Crippen molar-refractivity contribution in [1.82, 2.24) is 0 Å². The minimum absolute atomic E-state index is 0.0266. The number of hydrogen-bond donors (Lipinski definition) is 0. The number of ether oxygens (including phenoxy) is 1. The maximum Gasteiger partial charge on any atom is 0.269 e. The number of halogens is 2. The van der Waals surface area contributed by atoms with Gasteiger partial charge in [0.15, 0.2) is 5.75 Å². The number of nitrogens with zero attached hydrogens (tertiary/aromatic N) is 2. The van der Waals surface area contributed by atoms with Gasteiger partial charge in [0.1, 0.15) is 0 Å². The van der Waals surface area contributed by atoms with E-state index >= 15 is 0 Å². The molecule has 0 fully saturated rings. The molecule has 23 heavy (non-hydrogen) atoms. The molecule has 0 bridgehead atoms. The van der Waals surface area contributed by atoms with Gasteiger partial charge in [-0.15, -0.1) is 0 Å². The normalized spacial score (nSPS) is 11.0. The minimum atomic E-state index is -0.486. The summed E-state index contributed by atoms with van der Waals surface area (Å²) in [7, 11) is 1.51. The summed E-state index contributed by atoms with van der Waals surface area (Å²) in [5.41, 5.74) is 1.63. The van der Waals surface area contributed by atoms with Gasteiger partial charge in [0.05, 0.1) is 33.2 Å². The first-order valence-electron chi connectivity index (χ1n) is 6.36. The SMILES string of the molecule is COc1c(Cl)cc(/C=C(\C#N)c2ccc([N+](=O)[O-])cc2)cc1Br. The first-order valence-corrected chi connectivity index (χ1v) is 7.53. The highest BCUT2D eigenvalue weighted by Crippen LogP contribution is 2.35. The molecule has 0 saturated carbocycles. The van der Waals surface area contributed by atoms with Gasteiger partial charge >= 0.3 is 0 Å². The Morgan fingerprint density at radius 3 is 2.52 bits per heavy atom. The molecule has 2 aromatic carbocycles. The fourth-order valence-electron chi connectivity index (χ4n) is 1.97. The summed E-state index contributed by atoms with van der Waals surface area (Å²) in [6, 6.07) is 11.3. The molecule has 0 radical (unpaired) electrons. The van der Waals surface area contributed by atoms with Gasteiger partial charge in [0.25, 0.3) is 5.69 Å². The van der Waals surface area contributed by atoms with Crippen LogP contribution >= 0.6 is 27.5 Å². The molecular weight excluding hydrogens is 384 g/mol. The van der Waals surface area contributed by atoms with Crippen LogP contribution in [-0.2, 0) is 0 Å². The maximum atomic E-state index is 10.7. The number of nitro groups is 1. The number of nitriles is 1. The summed E-state index contributed by atoms with van der Waals surface area (Å²) >= 11 is 9.48. The summed E-state index contributed by atoms with van der Waals surface area (Å²) in [6.45, 7) is 0. The molecular formula is C16H10BrClN2O3. The summed E-state index contributed by atoms with van der Waals surface area (Å²) in [5.74, 6) is 0.512. The third-order valence-electron chi connectivity index (χ3n) is 3.05. The Bertz CT molecular complexity index is 803. The zero-order valence-corrected chi connectivity index (χ0v) is 14.3. The second-order valence-corrected chi connectivity index (χ2v) is 5.75. The van der Waals surface area contributed by atoms with Gasteiger partial charge in [-0.25, -0.2) is 0 Å². The van der Waals surface area contributed by atoms with E-state index < -0.39 is 4.92 Å². The van der Waals surface area contributed by atoms with Crippen LogP contribution < -0.4 is 4.74 Å². The van der Waals surface area contributed by atoms with Crippen LogP contribution in [-0.4, -0.2) is 12.0 Å². The smallest absolute Gasteiger partial charge is 0.269 e. The molecule has 0 saturated heterocycles. The lowest BCUT2D eigenvalue weighted by atomic mass is 10.0. The molecule has 2 aromatic rings. The van der Waals surface area contributed by atoms with Crippen LogP contribution in [0.3, 0.4) is 0 Å². The Morgan fingerprint density at radius 2 is 2.04 bits per heavy atom. The first-order chi connectivity index (χ1) is 11.0. The maximum absolute atomic E-state index is 10.7. The molecule has 5 nitrogen and oxygen atoms in total. The fraction of sp³-hybridized carbons (Fsp3) is 0.0625. The third-order valence-corrected chi connectivity index (χ3v) is 3.92. The monoisotopic (exact) mass is 392 g/mol. The first kappa shape index (κ1) is 17.0. The highest BCUT2D eigenvalue weighted by Gasteiger charge is 2.10. The van der Waals surface area contributed by atoms with Crippen molar-refractivity contribution < 1.29 is 9.66 Å². The Morgan fingerprint density at radius 1 is 1.39 bits per heavy atom. The molecule has 0 unspecified atom stereocenters. The standard InChI is InChI=1S/C16H10BrClN2O3/c1-23-16-14(17)7-10(8-15(16)18)6-12(9-19)11-2-4-13(5-3-11)20(21)22/h2-8H,1H3/b12-6+. The van der Waals surface area contributed by atoms with Crippen molar-refractivity contribution in [2.75, 3.05) is 7.11 Å². The molecule has 0 aliphatic carbocycles. The van der Waals surface area contributed by atoms with E-state index in [9.17, 15) is 15.4 Å². The largest absolute Gasteiger partial charge is 0.494 e. The van der Waals surface area contributed by atoms with Crippen LogP contribution in [0.25, 0.3) is 11.6 Å². The van der Waals surface area contributed by atoms with Crippen molar-refractivity contribution in [3.63, 3.8) is 0 Å². The highest BCUT2D eigenvalue weighted by atomic mass is 79.9. The lowest BCUT2D eigenvalue weighted by molar-refractivity contribution is -0.384. The average molecular weight is 394 g/mol. The van der Waals surface area contributed by atoms with Gasteiger partial charge in [-0.3, -0.25) is 10.1 Å². The Balaban J connectivity index is 2.43. The lowest BCUT2D eigenvalue weighted by Gasteiger charge is -2.07. The Kier molecular flexibility index (Phi) is 5.37. The van der Waals surface area contributed by atoms with E-state index in [0.29, 0.717) is 31.9 Å².